The van der Waals surface area contributed by atoms with E-state index in [4.69, 9.17) is 0 Å². The van der Waals surface area contributed by atoms with Crippen molar-refractivity contribution in [2.75, 3.05) is 40.3 Å². The van der Waals surface area contributed by atoms with Crippen LogP contribution in [0.4, 0.5) is 0 Å². The highest BCUT2D eigenvalue weighted by molar-refractivity contribution is 5.87. The molecule has 0 aromatic heterocycles. The minimum atomic E-state index is -0.962. The lowest BCUT2D eigenvalue weighted by Crippen LogP contribution is -2.53. The van der Waals surface area contributed by atoms with Crippen LogP contribution in [-0.2, 0) is 24.6 Å². The highest BCUT2D eigenvalue weighted by atomic mass is 16.4. The third-order valence-corrected chi connectivity index (χ3v) is 8.20. The zero-order valence-electron chi connectivity index (χ0n) is 24.8. The van der Waals surface area contributed by atoms with Crippen molar-refractivity contribution in [1.29, 1.82) is 0 Å². The van der Waals surface area contributed by atoms with Gasteiger partial charge >= 0.3 is 5.97 Å². The normalized spacial score (nSPS) is 17.6. The molecule has 1 aliphatic heterocycles. The summed E-state index contributed by atoms with van der Waals surface area (Å²) >= 11 is 0. The van der Waals surface area contributed by atoms with E-state index in [-0.39, 0.29) is 48.7 Å². The standard InChI is InChI=1S/C30H48N4O5/c1-8-23(30(4,5)22-14-10-9-11-15-22)28(37)31-18-26(35)33(7)25(21(2)3)19-32(6)20-27(36)34-17-13-12-16-24(34)29(38)39/h9-11,14-15,21,23-25H,8,12-13,16-20H2,1-7H3,(H,31,37)(H,38,39)/t23-,24?,25-/m1/s1. The largest absolute Gasteiger partial charge is 0.480 e. The van der Waals surface area contributed by atoms with Crippen LogP contribution in [0.2, 0.25) is 0 Å². The quantitative estimate of drug-likeness (QED) is 0.395. The Morgan fingerprint density at radius 3 is 2.31 bits per heavy atom. The predicted octanol–water partition coefficient (Wildman–Crippen LogP) is 2.99. The minimum Gasteiger partial charge on any atom is -0.480 e. The molecule has 9 heteroatoms. The summed E-state index contributed by atoms with van der Waals surface area (Å²) in [5.74, 6) is -1.70. The van der Waals surface area contributed by atoms with Gasteiger partial charge in [-0.3, -0.25) is 19.3 Å². The molecule has 0 aliphatic carbocycles. The molecule has 1 aromatic rings. The highest BCUT2D eigenvalue weighted by Crippen LogP contribution is 2.34. The molecule has 39 heavy (non-hydrogen) atoms. The molecule has 2 N–H and O–H groups in total. The fraction of sp³-hybridized carbons (Fsp3) is 0.667. The number of likely N-dealkylation sites (N-methyl/N-ethyl adjacent to an activating group) is 2. The average molecular weight is 545 g/mol. The molecule has 0 bridgehead atoms. The molecule has 1 aromatic carbocycles. The second kappa shape index (κ2) is 14.4. The number of carboxylic acids is 1. The number of benzene rings is 1. The van der Waals surface area contributed by atoms with E-state index in [1.807, 2.05) is 63.1 Å². The van der Waals surface area contributed by atoms with E-state index in [2.05, 4.69) is 19.2 Å². The summed E-state index contributed by atoms with van der Waals surface area (Å²) in [7, 11) is 3.54. The third-order valence-electron chi connectivity index (χ3n) is 8.20. The summed E-state index contributed by atoms with van der Waals surface area (Å²) in [5.41, 5.74) is 0.686. The van der Waals surface area contributed by atoms with Crippen LogP contribution in [0.5, 0.6) is 0 Å². The summed E-state index contributed by atoms with van der Waals surface area (Å²) in [6.07, 6.45) is 2.73. The molecule has 1 heterocycles. The van der Waals surface area contributed by atoms with Gasteiger partial charge in [-0.25, -0.2) is 4.79 Å². The van der Waals surface area contributed by atoms with E-state index in [9.17, 15) is 24.3 Å². The first-order valence-electron chi connectivity index (χ1n) is 14.1. The van der Waals surface area contributed by atoms with Crippen molar-refractivity contribution < 1.29 is 24.3 Å². The van der Waals surface area contributed by atoms with Gasteiger partial charge in [-0.15, -0.1) is 0 Å². The first-order valence-corrected chi connectivity index (χ1v) is 14.1. The Labute approximate surface area is 233 Å². The number of hydrogen-bond donors (Lipinski definition) is 2. The Balaban J connectivity index is 1.98. The number of aliphatic carboxylic acids is 1. The number of amides is 3. The average Bonchev–Trinajstić information content (AvgIpc) is 2.90. The Hall–Kier alpha value is -2.94. The van der Waals surface area contributed by atoms with Crippen molar-refractivity contribution in [3.63, 3.8) is 0 Å². The van der Waals surface area contributed by atoms with Gasteiger partial charge in [-0.05, 0) is 44.2 Å². The van der Waals surface area contributed by atoms with Gasteiger partial charge in [-0.2, -0.15) is 0 Å². The number of nitrogens with one attached hydrogen (secondary N) is 1. The van der Waals surface area contributed by atoms with Gasteiger partial charge in [0.1, 0.15) is 6.04 Å². The smallest absolute Gasteiger partial charge is 0.326 e. The summed E-state index contributed by atoms with van der Waals surface area (Å²) in [6, 6.07) is 8.97. The lowest BCUT2D eigenvalue weighted by molar-refractivity contribution is -0.152. The van der Waals surface area contributed by atoms with Crippen molar-refractivity contribution in [2.45, 2.75) is 77.8 Å². The molecular formula is C30H48N4O5. The van der Waals surface area contributed by atoms with E-state index in [0.29, 0.717) is 25.9 Å². The van der Waals surface area contributed by atoms with Crippen LogP contribution in [0.3, 0.4) is 0 Å². The topological polar surface area (TPSA) is 110 Å². The Kier molecular flexibility index (Phi) is 12.0. The first-order chi connectivity index (χ1) is 18.3. The Morgan fingerprint density at radius 2 is 1.74 bits per heavy atom. The Morgan fingerprint density at radius 1 is 1.10 bits per heavy atom. The van der Waals surface area contributed by atoms with Crippen LogP contribution in [0.1, 0.15) is 65.9 Å². The van der Waals surface area contributed by atoms with Gasteiger partial charge in [0.15, 0.2) is 0 Å². The summed E-state index contributed by atoms with van der Waals surface area (Å²) < 4.78 is 0. The highest BCUT2D eigenvalue weighted by Gasteiger charge is 2.36. The zero-order chi connectivity index (χ0) is 29.3. The number of carbonyl (C=O) groups is 4. The molecule has 0 saturated carbocycles. The lowest BCUT2D eigenvalue weighted by Gasteiger charge is -2.37. The SMILES string of the molecule is CC[C@H](C(=O)NCC(=O)N(C)[C@H](CN(C)CC(=O)N1CCCCC1C(=O)O)C(C)C)C(C)(C)c1ccccc1. The number of hydrogen-bond acceptors (Lipinski definition) is 5. The van der Waals surface area contributed by atoms with Gasteiger partial charge in [0.2, 0.25) is 17.7 Å². The fourth-order valence-electron chi connectivity index (χ4n) is 5.66. The van der Waals surface area contributed by atoms with Gasteiger partial charge in [0.05, 0.1) is 13.1 Å². The molecule has 1 fully saturated rings. The zero-order valence-corrected chi connectivity index (χ0v) is 24.8. The predicted molar refractivity (Wildman–Crippen MR) is 152 cm³/mol. The second-order valence-corrected chi connectivity index (χ2v) is 11.7. The van der Waals surface area contributed by atoms with Crippen LogP contribution in [0.25, 0.3) is 0 Å². The number of carboxylic acid groups (broad SMARTS) is 1. The van der Waals surface area contributed by atoms with E-state index in [0.717, 1.165) is 18.4 Å². The van der Waals surface area contributed by atoms with E-state index < -0.39 is 17.4 Å². The van der Waals surface area contributed by atoms with E-state index in [1.54, 1.807) is 11.9 Å². The maximum atomic E-state index is 13.2. The van der Waals surface area contributed by atoms with Crippen LogP contribution < -0.4 is 5.32 Å². The van der Waals surface area contributed by atoms with Crippen molar-refractivity contribution in [1.82, 2.24) is 20.0 Å². The summed E-state index contributed by atoms with van der Waals surface area (Å²) in [6.45, 7) is 11.0. The molecule has 1 unspecified atom stereocenters. The molecule has 218 valence electrons. The Bertz CT molecular complexity index is 981. The van der Waals surface area contributed by atoms with Crippen LogP contribution in [0.15, 0.2) is 30.3 Å². The molecule has 0 spiro atoms. The molecular weight excluding hydrogens is 496 g/mol. The number of carbonyl (C=O) groups excluding carboxylic acids is 3. The number of nitrogens with zero attached hydrogens (tertiary/aromatic N) is 3. The maximum Gasteiger partial charge on any atom is 0.326 e. The van der Waals surface area contributed by atoms with Crippen molar-refractivity contribution in [3.05, 3.63) is 35.9 Å². The molecule has 9 nitrogen and oxygen atoms in total. The number of piperidine rings is 1. The summed E-state index contributed by atoms with van der Waals surface area (Å²) in [5, 5.41) is 12.4. The van der Waals surface area contributed by atoms with Gasteiger partial charge < -0.3 is 20.2 Å². The molecule has 1 saturated heterocycles. The monoisotopic (exact) mass is 544 g/mol. The molecule has 3 amide bonds. The van der Waals surface area contributed by atoms with E-state index >= 15 is 0 Å². The van der Waals surface area contributed by atoms with Crippen molar-refractivity contribution >= 4 is 23.7 Å². The molecule has 0 radical (unpaired) electrons. The molecule has 1 aliphatic rings. The molecule has 2 rings (SSSR count). The fourth-order valence-corrected chi connectivity index (χ4v) is 5.66. The first kappa shape index (κ1) is 32.3. The van der Waals surface area contributed by atoms with Crippen LogP contribution in [0, 0.1) is 11.8 Å². The van der Waals surface area contributed by atoms with Crippen molar-refractivity contribution in [2.24, 2.45) is 11.8 Å². The van der Waals surface area contributed by atoms with Crippen LogP contribution in [-0.4, -0.2) is 95.9 Å². The minimum absolute atomic E-state index is 0.0819. The molecule has 3 atom stereocenters. The summed E-state index contributed by atoms with van der Waals surface area (Å²) in [4.78, 5) is 55.8. The number of likely N-dealkylation sites (tertiary alicyclic amines) is 1. The number of rotatable bonds is 13. The lowest BCUT2D eigenvalue weighted by atomic mass is 9.71. The van der Waals surface area contributed by atoms with Gasteiger partial charge in [0, 0.05) is 37.5 Å². The third kappa shape index (κ3) is 8.52. The van der Waals surface area contributed by atoms with Crippen molar-refractivity contribution in [3.8, 4) is 0 Å². The van der Waals surface area contributed by atoms with Gasteiger partial charge in [-0.1, -0.05) is 65.0 Å². The maximum absolute atomic E-state index is 13.2. The van der Waals surface area contributed by atoms with E-state index in [1.165, 1.54) is 4.90 Å². The van der Waals surface area contributed by atoms with Gasteiger partial charge in [0.25, 0.3) is 0 Å². The van der Waals surface area contributed by atoms with Crippen LogP contribution >= 0.6 is 0 Å². The second-order valence-electron chi connectivity index (χ2n) is 11.7.